The van der Waals surface area contributed by atoms with Gasteiger partial charge in [-0.25, -0.2) is 0 Å². The Morgan fingerprint density at radius 3 is 2.08 bits per heavy atom. The number of hydrogen-bond acceptors (Lipinski definition) is 3. The minimum absolute atomic E-state index is 1.09. The molecule has 0 radical (unpaired) electrons. The maximum atomic E-state index is 3.54. The van der Waals surface area contributed by atoms with Crippen molar-refractivity contribution in [1.29, 1.82) is 0 Å². The van der Waals surface area contributed by atoms with E-state index in [1.807, 2.05) is 17.4 Å². The maximum absolute atomic E-state index is 3.54. The lowest BCUT2D eigenvalue weighted by molar-refractivity contribution is 1.30. The van der Waals surface area contributed by atoms with Crippen molar-refractivity contribution < 1.29 is 0 Å². The molecule has 3 heteroatoms. The number of nitrogens with zero attached hydrogens (tertiary/aromatic N) is 1. The van der Waals surface area contributed by atoms with Crippen LogP contribution in [0, 0.1) is 0 Å². The Kier molecular flexibility index (Phi) is 5.34. The van der Waals surface area contributed by atoms with Crippen molar-refractivity contribution in [3.63, 3.8) is 0 Å². The van der Waals surface area contributed by atoms with E-state index in [9.17, 15) is 0 Å². The summed E-state index contributed by atoms with van der Waals surface area (Å²) in [5, 5.41) is 8.58. The van der Waals surface area contributed by atoms with Gasteiger partial charge in [0.25, 0.3) is 0 Å². The van der Waals surface area contributed by atoms with Gasteiger partial charge in [-0.3, -0.25) is 0 Å². The summed E-state index contributed by atoms with van der Waals surface area (Å²) < 4.78 is 2.58. The zero-order valence-corrected chi connectivity index (χ0v) is 21.0. The molecule has 0 aliphatic rings. The van der Waals surface area contributed by atoms with Crippen molar-refractivity contribution >= 4 is 70.7 Å². The van der Waals surface area contributed by atoms with Crippen LogP contribution in [0.4, 0.5) is 28.4 Å². The van der Waals surface area contributed by atoms with E-state index in [4.69, 9.17) is 0 Å². The fraction of sp³-hybridized carbons (Fsp3) is 0. The van der Waals surface area contributed by atoms with Crippen LogP contribution in [0.1, 0.15) is 0 Å². The number of anilines is 5. The van der Waals surface area contributed by atoms with Crippen LogP contribution in [0.2, 0.25) is 0 Å². The van der Waals surface area contributed by atoms with Crippen molar-refractivity contribution in [2.24, 2.45) is 0 Å². The zero-order valence-electron chi connectivity index (χ0n) is 20.1. The van der Waals surface area contributed by atoms with E-state index in [1.54, 1.807) is 0 Å². The van der Waals surface area contributed by atoms with Gasteiger partial charge in [-0.2, -0.15) is 0 Å². The molecule has 0 unspecified atom stereocenters. The molecule has 0 atom stereocenters. The number of nitrogens with one attached hydrogen (secondary N) is 1. The second-order valence-electron chi connectivity index (χ2n) is 9.15. The first-order valence-corrected chi connectivity index (χ1v) is 13.3. The molecule has 6 aromatic carbocycles. The van der Waals surface area contributed by atoms with E-state index in [0.717, 1.165) is 22.7 Å². The molecule has 0 bridgehead atoms. The average molecular weight is 493 g/mol. The molecule has 0 saturated carbocycles. The lowest BCUT2D eigenvalue weighted by atomic mass is 10.1. The minimum atomic E-state index is 1.09. The van der Waals surface area contributed by atoms with Crippen LogP contribution in [0.15, 0.2) is 140 Å². The average Bonchev–Trinajstić information content (AvgIpc) is 3.32. The summed E-state index contributed by atoms with van der Waals surface area (Å²) in [6, 6.07) is 49.6. The molecular weight excluding hydrogens is 468 g/mol. The van der Waals surface area contributed by atoms with E-state index in [-0.39, 0.29) is 0 Å². The molecule has 1 aromatic heterocycles. The van der Waals surface area contributed by atoms with E-state index >= 15 is 0 Å². The first kappa shape index (κ1) is 21.7. The predicted molar refractivity (Wildman–Crippen MR) is 161 cm³/mol. The Hall–Kier alpha value is -4.60. The predicted octanol–water partition coefficient (Wildman–Crippen LogP) is 10.4. The normalized spacial score (nSPS) is 11.2. The summed E-state index contributed by atoms with van der Waals surface area (Å²) in [6.45, 7) is 0. The van der Waals surface area contributed by atoms with Crippen LogP contribution in [0.25, 0.3) is 30.9 Å². The van der Waals surface area contributed by atoms with Crippen LogP contribution in [0.5, 0.6) is 0 Å². The van der Waals surface area contributed by atoms with Gasteiger partial charge in [0.05, 0.1) is 5.69 Å². The van der Waals surface area contributed by atoms with Crippen LogP contribution >= 0.6 is 11.3 Å². The summed E-state index contributed by atoms with van der Waals surface area (Å²) in [7, 11) is 0. The number of fused-ring (bicyclic) bond motifs is 4. The van der Waals surface area contributed by atoms with Crippen molar-refractivity contribution in [2.45, 2.75) is 0 Å². The van der Waals surface area contributed by atoms with Crippen LogP contribution in [-0.2, 0) is 0 Å². The van der Waals surface area contributed by atoms with Crippen molar-refractivity contribution in [3.8, 4) is 0 Å². The molecule has 37 heavy (non-hydrogen) atoms. The van der Waals surface area contributed by atoms with Gasteiger partial charge in [-0.1, -0.05) is 78.9 Å². The molecule has 0 spiro atoms. The number of thiophene rings is 1. The highest BCUT2D eigenvalue weighted by atomic mass is 32.1. The van der Waals surface area contributed by atoms with E-state index in [2.05, 4.69) is 144 Å². The van der Waals surface area contributed by atoms with Crippen molar-refractivity contribution in [1.82, 2.24) is 0 Å². The van der Waals surface area contributed by atoms with E-state index < -0.39 is 0 Å². The third-order valence-electron chi connectivity index (χ3n) is 6.80. The number of benzene rings is 6. The minimum Gasteiger partial charge on any atom is -0.356 e. The Morgan fingerprint density at radius 1 is 0.459 bits per heavy atom. The second kappa shape index (κ2) is 9.12. The molecule has 1 heterocycles. The highest BCUT2D eigenvalue weighted by molar-refractivity contribution is 7.25. The molecule has 7 rings (SSSR count). The largest absolute Gasteiger partial charge is 0.356 e. The molecule has 1 N–H and O–H groups in total. The molecule has 0 saturated heterocycles. The van der Waals surface area contributed by atoms with Crippen LogP contribution in [-0.4, -0.2) is 0 Å². The third-order valence-corrected chi connectivity index (χ3v) is 7.93. The third kappa shape index (κ3) is 4.00. The number of hydrogen-bond donors (Lipinski definition) is 1. The summed E-state index contributed by atoms with van der Waals surface area (Å²) in [4.78, 5) is 2.37. The van der Waals surface area contributed by atoms with Gasteiger partial charge in [0.2, 0.25) is 0 Å². The summed E-state index contributed by atoms with van der Waals surface area (Å²) in [5.41, 5.74) is 5.68. The summed E-state index contributed by atoms with van der Waals surface area (Å²) >= 11 is 1.85. The molecule has 0 fully saturated rings. The summed E-state index contributed by atoms with van der Waals surface area (Å²) in [6.07, 6.45) is 0. The molecule has 2 nitrogen and oxygen atoms in total. The quantitative estimate of drug-likeness (QED) is 0.257. The van der Waals surface area contributed by atoms with Gasteiger partial charge in [-0.05, 0) is 66.0 Å². The Balaban J connectivity index is 1.37. The van der Waals surface area contributed by atoms with Gasteiger partial charge in [0, 0.05) is 48.3 Å². The molecule has 7 aromatic rings. The topological polar surface area (TPSA) is 15.3 Å². The molecular formula is C34H24N2S. The zero-order chi connectivity index (χ0) is 24.6. The van der Waals surface area contributed by atoms with E-state index in [0.29, 0.717) is 0 Å². The van der Waals surface area contributed by atoms with Crippen LogP contribution in [0.3, 0.4) is 0 Å². The fourth-order valence-corrected chi connectivity index (χ4v) is 6.20. The van der Waals surface area contributed by atoms with Crippen LogP contribution < -0.4 is 10.2 Å². The smallest absolute Gasteiger partial charge is 0.0540 e. The molecule has 176 valence electrons. The van der Waals surface area contributed by atoms with Gasteiger partial charge >= 0.3 is 0 Å². The lowest BCUT2D eigenvalue weighted by Gasteiger charge is -2.27. The standard InChI is InChI=1S/C34H24N2S/c1-3-12-25(13-4-1)35-26-18-21-33-31(22-26)30-20-19-28(23-34(30)37-33)36(27-14-5-2-6-15-27)32-17-9-11-24-10-7-8-16-29(24)32/h1-23,35H. The Labute approximate surface area is 220 Å². The van der Waals surface area contributed by atoms with Crippen molar-refractivity contribution in [2.75, 3.05) is 10.2 Å². The number of para-hydroxylation sites is 2. The van der Waals surface area contributed by atoms with Gasteiger partial charge in [0.15, 0.2) is 0 Å². The fourth-order valence-electron chi connectivity index (χ4n) is 5.08. The monoisotopic (exact) mass is 492 g/mol. The molecule has 0 aliphatic carbocycles. The highest BCUT2D eigenvalue weighted by Crippen LogP contribution is 2.43. The Morgan fingerprint density at radius 2 is 1.22 bits per heavy atom. The first-order chi connectivity index (χ1) is 18.3. The van der Waals surface area contributed by atoms with Crippen molar-refractivity contribution in [3.05, 3.63) is 140 Å². The molecule has 0 amide bonds. The van der Waals surface area contributed by atoms with Gasteiger partial charge in [-0.15, -0.1) is 11.3 Å². The second-order valence-corrected chi connectivity index (χ2v) is 10.2. The molecule has 0 aliphatic heterocycles. The summed E-state index contributed by atoms with van der Waals surface area (Å²) in [5.74, 6) is 0. The van der Waals surface area contributed by atoms with E-state index in [1.165, 1.54) is 36.6 Å². The van der Waals surface area contributed by atoms with Gasteiger partial charge < -0.3 is 10.2 Å². The lowest BCUT2D eigenvalue weighted by Crippen LogP contribution is -2.10. The first-order valence-electron chi connectivity index (χ1n) is 12.4. The number of rotatable bonds is 5. The maximum Gasteiger partial charge on any atom is 0.0540 e. The highest BCUT2D eigenvalue weighted by Gasteiger charge is 2.16. The SMILES string of the molecule is c1ccc(Nc2ccc3sc4cc(N(c5ccccc5)c5cccc6ccccc56)ccc4c3c2)cc1. The van der Waals surface area contributed by atoms with Gasteiger partial charge in [0.1, 0.15) is 0 Å². The Bertz CT molecular complexity index is 1850.